The number of aromatic nitrogens is 3. The molecule has 0 fully saturated rings. The second-order valence-electron chi connectivity index (χ2n) is 3.48. The molecule has 2 heterocycles. The molecule has 0 amide bonds. The monoisotopic (exact) mass is 227 g/mol. The van der Waals surface area contributed by atoms with Crippen LogP contribution >= 0.6 is 12.6 Å². The highest BCUT2D eigenvalue weighted by atomic mass is 32.1. The van der Waals surface area contributed by atoms with Gasteiger partial charge in [-0.05, 0) is 18.2 Å². The van der Waals surface area contributed by atoms with Gasteiger partial charge in [0.2, 0.25) is 0 Å². The Hall–Kier alpha value is -1.81. The first-order valence-corrected chi connectivity index (χ1v) is 5.37. The molecule has 0 spiro atoms. The molecule has 0 aliphatic heterocycles. The van der Waals surface area contributed by atoms with E-state index in [1.165, 1.54) is 0 Å². The first kappa shape index (κ1) is 9.42. The third kappa shape index (κ3) is 1.39. The van der Waals surface area contributed by atoms with Crippen LogP contribution in [-0.4, -0.2) is 14.8 Å². The second kappa shape index (κ2) is 3.64. The maximum atomic E-state index is 4.43. The summed E-state index contributed by atoms with van der Waals surface area (Å²) in [7, 11) is 0. The van der Waals surface area contributed by atoms with Gasteiger partial charge in [0, 0.05) is 22.7 Å². The fourth-order valence-corrected chi connectivity index (χ4v) is 1.96. The third-order valence-corrected chi connectivity index (χ3v) is 2.86. The van der Waals surface area contributed by atoms with Crippen molar-refractivity contribution in [3.05, 3.63) is 48.9 Å². The number of fused-ring (bicyclic) bond motifs is 1. The van der Waals surface area contributed by atoms with Crippen LogP contribution < -0.4 is 0 Å². The van der Waals surface area contributed by atoms with Crippen LogP contribution in [0.3, 0.4) is 0 Å². The minimum Gasteiger partial charge on any atom is -0.264 e. The van der Waals surface area contributed by atoms with Gasteiger partial charge in [0.25, 0.3) is 0 Å². The van der Waals surface area contributed by atoms with E-state index >= 15 is 0 Å². The highest BCUT2D eigenvalue weighted by Gasteiger charge is 2.06. The summed E-state index contributed by atoms with van der Waals surface area (Å²) in [6.07, 6.45) is 5.38. The molecule has 1 aromatic carbocycles. The highest BCUT2D eigenvalue weighted by molar-refractivity contribution is 7.80. The van der Waals surface area contributed by atoms with Crippen molar-refractivity contribution in [3.63, 3.8) is 0 Å². The first-order valence-electron chi connectivity index (χ1n) is 4.92. The normalized spacial score (nSPS) is 10.8. The molecule has 78 valence electrons. The van der Waals surface area contributed by atoms with Crippen LogP contribution in [0, 0.1) is 0 Å². The fourth-order valence-electron chi connectivity index (χ4n) is 1.71. The van der Waals surface area contributed by atoms with Gasteiger partial charge < -0.3 is 0 Å². The molecule has 0 aliphatic rings. The average Bonchev–Trinajstić information content (AvgIpc) is 2.74. The van der Waals surface area contributed by atoms with Crippen LogP contribution in [0.4, 0.5) is 0 Å². The molecule has 0 saturated carbocycles. The van der Waals surface area contributed by atoms with Gasteiger partial charge in [-0.1, -0.05) is 12.1 Å². The lowest BCUT2D eigenvalue weighted by atomic mass is 10.3. The van der Waals surface area contributed by atoms with E-state index in [1.807, 2.05) is 41.2 Å². The number of thiol groups is 1. The first-order chi connectivity index (χ1) is 7.86. The van der Waals surface area contributed by atoms with E-state index in [0.29, 0.717) is 0 Å². The molecule has 0 aliphatic carbocycles. The minimum absolute atomic E-state index is 0.907. The Morgan fingerprint density at radius 3 is 2.81 bits per heavy atom. The van der Waals surface area contributed by atoms with Gasteiger partial charge in [-0.15, -0.1) is 12.6 Å². The molecule has 0 unspecified atom stereocenters. The predicted octanol–water partition coefficient (Wildman–Crippen LogP) is 2.71. The number of hydrogen-bond donors (Lipinski definition) is 1. The maximum absolute atomic E-state index is 4.43. The predicted molar refractivity (Wildman–Crippen MR) is 66.1 cm³/mol. The number of para-hydroxylation sites is 1. The lowest BCUT2D eigenvalue weighted by Gasteiger charge is -2.05. The summed E-state index contributed by atoms with van der Waals surface area (Å²) in [5.74, 6) is 0. The molecule has 0 radical (unpaired) electrons. The smallest absolute Gasteiger partial charge is 0.0786 e. The Balaban J connectivity index is 2.31. The Morgan fingerprint density at radius 1 is 1.06 bits per heavy atom. The molecule has 0 bridgehead atoms. The molecular formula is C12H9N3S. The largest absolute Gasteiger partial charge is 0.264 e. The van der Waals surface area contributed by atoms with Gasteiger partial charge in [0.15, 0.2) is 0 Å². The van der Waals surface area contributed by atoms with Crippen molar-refractivity contribution >= 4 is 23.5 Å². The Labute approximate surface area is 98.2 Å². The number of benzene rings is 1. The third-order valence-electron chi connectivity index (χ3n) is 2.48. The number of pyridine rings is 1. The van der Waals surface area contributed by atoms with Gasteiger partial charge in [-0.3, -0.25) is 4.98 Å². The van der Waals surface area contributed by atoms with E-state index < -0.39 is 0 Å². The standard InChI is InChI=1S/C12H9N3S/c16-12-4-2-1-3-11(12)15-10-5-6-13-7-9(10)8-14-15/h1-8,16H. The van der Waals surface area contributed by atoms with Crippen LogP contribution in [0.25, 0.3) is 16.6 Å². The van der Waals surface area contributed by atoms with Crippen LogP contribution in [0.1, 0.15) is 0 Å². The summed E-state index contributed by atoms with van der Waals surface area (Å²) >= 11 is 4.43. The van der Waals surface area contributed by atoms with Crippen molar-refractivity contribution in [1.82, 2.24) is 14.8 Å². The molecule has 0 atom stereocenters. The van der Waals surface area contributed by atoms with Crippen molar-refractivity contribution < 1.29 is 0 Å². The zero-order valence-electron chi connectivity index (χ0n) is 8.41. The van der Waals surface area contributed by atoms with Crippen LogP contribution in [0.2, 0.25) is 0 Å². The van der Waals surface area contributed by atoms with Crippen molar-refractivity contribution in [2.75, 3.05) is 0 Å². The lowest BCUT2D eigenvalue weighted by molar-refractivity contribution is 0.891. The topological polar surface area (TPSA) is 30.7 Å². The molecule has 3 rings (SSSR count). The SMILES string of the molecule is Sc1ccccc1-n1ncc2cnccc21. The van der Waals surface area contributed by atoms with Gasteiger partial charge >= 0.3 is 0 Å². The van der Waals surface area contributed by atoms with E-state index in [0.717, 1.165) is 21.5 Å². The van der Waals surface area contributed by atoms with Gasteiger partial charge in [-0.25, -0.2) is 4.68 Å². The summed E-state index contributed by atoms with van der Waals surface area (Å²) in [6, 6.07) is 9.83. The zero-order valence-corrected chi connectivity index (χ0v) is 9.30. The second-order valence-corrected chi connectivity index (χ2v) is 3.96. The number of rotatable bonds is 1. The Bertz CT molecular complexity index is 645. The summed E-state index contributed by atoms with van der Waals surface area (Å²) in [4.78, 5) is 4.98. The van der Waals surface area contributed by atoms with E-state index in [1.54, 1.807) is 12.4 Å². The summed E-state index contributed by atoms with van der Waals surface area (Å²) < 4.78 is 1.87. The van der Waals surface area contributed by atoms with Gasteiger partial charge in [0.05, 0.1) is 17.4 Å². The van der Waals surface area contributed by atoms with E-state index in [9.17, 15) is 0 Å². The molecular weight excluding hydrogens is 218 g/mol. The van der Waals surface area contributed by atoms with Crippen molar-refractivity contribution in [1.29, 1.82) is 0 Å². The van der Waals surface area contributed by atoms with Crippen molar-refractivity contribution in [2.45, 2.75) is 4.90 Å². The van der Waals surface area contributed by atoms with E-state index in [-0.39, 0.29) is 0 Å². The highest BCUT2D eigenvalue weighted by Crippen LogP contribution is 2.21. The van der Waals surface area contributed by atoms with Crippen LogP contribution in [-0.2, 0) is 0 Å². The summed E-state index contributed by atoms with van der Waals surface area (Å²) in [5, 5.41) is 5.38. The van der Waals surface area contributed by atoms with Crippen molar-refractivity contribution in [3.8, 4) is 5.69 Å². The van der Waals surface area contributed by atoms with E-state index in [2.05, 4.69) is 22.7 Å². The molecule has 3 nitrogen and oxygen atoms in total. The van der Waals surface area contributed by atoms with Crippen LogP contribution in [0.15, 0.2) is 53.8 Å². The maximum Gasteiger partial charge on any atom is 0.0786 e. The molecule has 16 heavy (non-hydrogen) atoms. The minimum atomic E-state index is 0.907. The Morgan fingerprint density at radius 2 is 1.94 bits per heavy atom. The average molecular weight is 227 g/mol. The van der Waals surface area contributed by atoms with Crippen molar-refractivity contribution in [2.24, 2.45) is 0 Å². The van der Waals surface area contributed by atoms with Crippen LogP contribution in [0.5, 0.6) is 0 Å². The molecule has 0 N–H and O–H groups in total. The molecule has 2 aromatic heterocycles. The van der Waals surface area contributed by atoms with E-state index in [4.69, 9.17) is 0 Å². The van der Waals surface area contributed by atoms with Gasteiger partial charge in [-0.2, -0.15) is 5.10 Å². The molecule has 4 heteroatoms. The fraction of sp³-hybridized carbons (Fsp3) is 0. The molecule has 0 saturated heterocycles. The Kier molecular flexibility index (Phi) is 2.15. The lowest BCUT2D eigenvalue weighted by Crippen LogP contribution is -1.96. The number of hydrogen-bond acceptors (Lipinski definition) is 3. The summed E-state index contributed by atoms with van der Waals surface area (Å²) in [5.41, 5.74) is 2.02. The quantitative estimate of drug-likeness (QED) is 0.648. The zero-order chi connectivity index (χ0) is 11.0. The molecule has 3 aromatic rings. The van der Waals surface area contributed by atoms with Gasteiger partial charge in [0.1, 0.15) is 0 Å². The number of nitrogens with zero attached hydrogens (tertiary/aromatic N) is 3. The summed E-state index contributed by atoms with van der Waals surface area (Å²) in [6.45, 7) is 0.